The van der Waals surface area contributed by atoms with Crippen LogP contribution >= 0.6 is 11.6 Å². The van der Waals surface area contributed by atoms with Gasteiger partial charge in [-0.3, -0.25) is 9.88 Å². The highest BCUT2D eigenvalue weighted by molar-refractivity contribution is 6.31. The molecule has 0 atom stereocenters. The van der Waals surface area contributed by atoms with Gasteiger partial charge in [-0.1, -0.05) is 23.7 Å². The van der Waals surface area contributed by atoms with Gasteiger partial charge in [0.2, 0.25) is 0 Å². The molecule has 0 aliphatic rings. The molecule has 1 amide bonds. The van der Waals surface area contributed by atoms with Crippen molar-refractivity contribution in [1.82, 2.24) is 4.98 Å². The number of halogens is 2. The van der Waals surface area contributed by atoms with Gasteiger partial charge in [0.1, 0.15) is 17.2 Å². The van der Waals surface area contributed by atoms with E-state index in [9.17, 15) is 9.18 Å². The Labute approximate surface area is 205 Å². The quantitative estimate of drug-likeness (QED) is 0.378. The van der Waals surface area contributed by atoms with Crippen LogP contribution in [0.25, 0.3) is 11.1 Å². The highest BCUT2D eigenvalue weighted by atomic mass is 35.5. The number of benzene rings is 2. The molecule has 2 aromatic carbocycles. The van der Waals surface area contributed by atoms with E-state index in [1.165, 1.54) is 6.07 Å². The highest BCUT2D eigenvalue weighted by Gasteiger charge is 2.26. The van der Waals surface area contributed by atoms with Crippen LogP contribution in [0.4, 0.5) is 14.9 Å². The first kappa shape index (κ1) is 25.5. The zero-order valence-electron chi connectivity index (χ0n) is 20.6. The van der Waals surface area contributed by atoms with Crippen molar-refractivity contribution in [2.45, 2.75) is 53.7 Å². The maximum absolute atomic E-state index is 13.7. The third-order valence-corrected chi connectivity index (χ3v) is 5.59. The van der Waals surface area contributed by atoms with Crippen LogP contribution in [-0.4, -0.2) is 23.8 Å². The Balaban J connectivity index is 2.11. The molecule has 7 heteroatoms. The van der Waals surface area contributed by atoms with Gasteiger partial charge < -0.3 is 9.47 Å². The van der Waals surface area contributed by atoms with Crippen LogP contribution in [0.15, 0.2) is 42.6 Å². The number of hydrogen-bond donors (Lipinski definition) is 0. The summed E-state index contributed by atoms with van der Waals surface area (Å²) in [4.78, 5) is 19.4. The summed E-state index contributed by atoms with van der Waals surface area (Å²) in [5, 5.41) is 0.0381. The zero-order valence-corrected chi connectivity index (χ0v) is 21.4. The second kappa shape index (κ2) is 10.0. The zero-order chi connectivity index (χ0) is 25.2. The van der Waals surface area contributed by atoms with Crippen LogP contribution in [0.5, 0.6) is 5.75 Å². The van der Waals surface area contributed by atoms with Crippen LogP contribution in [0, 0.1) is 26.6 Å². The molecule has 0 fully saturated rings. The Morgan fingerprint density at radius 2 is 1.79 bits per heavy atom. The van der Waals surface area contributed by atoms with Gasteiger partial charge in [0.25, 0.3) is 0 Å². The van der Waals surface area contributed by atoms with Gasteiger partial charge in [0, 0.05) is 23.0 Å². The Morgan fingerprint density at radius 3 is 2.41 bits per heavy atom. The first-order valence-corrected chi connectivity index (χ1v) is 11.3. The second-order valence-electron chi connectivity index (χ2n) is 9.30. The topological polar surface area (TPSA) is 51.7 Å². The lowest BCUT2D eigenvalue weighted by molar-refractivity contribution is 0.0577. The number of carbonyl (C=O) groups is 1. The minimum Gasteiger partial charge on any atom is -0.496 e. The Hall–Kier alpha value is -3.12. The number of rotatable bonds is 5. The van der Waals surface area contributed by atoms with E-state index in [4.69, 9.17) is 21.1 Å². The summed E-state index contributed by atoms with van der Waals surface area (Å²) in [6.45, 7) is 11.4. The molecule has 0 spiro atoms. The molecule has 1 aromatic heterocycles. The number of pyridine rings is 1. The SMILES string of the molecule is COc1c(C)cnc(CN(C(=O)OC(C)(C)C)c2cc(C)cc(-c3ccc(F)c(Cl)c3)c2)c1C. The van der Waals surface area contributed by atoms with Crippen molar-refractivity contribution in [3.63, 3.8) is 0 Å². The van der Waals surface area contributed by atoms with Crippen LogP contribution in [0.1, 0.15) is 43.2 Å². The lowest BCUT2D eigenvalue weighted by Gasteiger charge is -2.28. The molecule has 3 rings (SSSR count). The number of methoxy groups -OCH3 is 1. The van der Waals surface area contributed by atoms with Crippen LogP contribution < -0.4 is 9.64 Å². The lowest BCUT2D eigenvalue weighted by atomic mass is 10.0. The van der Waals surface area contributed by atoms with Gasteiger partial charge in [-0.2, -0.15) is 0 Å². The fraction of sp³-hybridized carbons (Fsp3) is 0.333. The summed E-state index contributed by atoms with van der Waals surface area (Å²) in [5.41, 5.74) is 4.88. The molecule has 0 saturated heterocycles. The second-order valence-corrected chi connectivity index (χ2v) is 9.71. The average Bonchev–Trinajstić information content (AvgIpc) is 2.73. The van der Waals surface area contributed by atoms with Crippen molar-refractivity contribution in [2.75, 3.05) is 12.0 Å². The molecule has 1 heterocycles. The molecule has 0 bridgehead atoms. The third kappa shape index (κ3) is 5.86. The first-order valence-electron chi connectivity index (χ1n) is 11.0. The standard InChI is InChI=1S/C27H30ClFN2O3/c1-16-10-20(19-8-9-23(29)22(28)13-19)12-21(11-16)31(26(32)34-27(4,5)6)15-24-18(3)25(33-7)17(2)14-30-24/h8-14H,15H2,1-7H3. The van der Waals surface area contributed by atoms with Crippen molar-refractivity contribution >= 4 is 23.4 Å². The summed E-state index contributed by atoms with van der Waals surface area (Å²) in [6, 6.07) is 10.3. The summed E-state index contributed by atoms with van der Waals surface area (Å²) >= 11 is 6.02. The minimum absolute atomic E-state index is 0.0381. The molecule has 34 heavy (non-hydrogen) atoms. The third-order valence-electron chi connectivity index (χ3n) is 5.30. The van der Waals surface area contributed by atoms with Gasteiger partial charge >= 0.3 is 6.09 Å². The Morgan fingerprint density at radius 1 is 1.09 bits per heavy atom. The first-order chi connectivity index (χ1) is 15.9. The fourth-order valence-corrected chi connectivity index (χ4v) is 3.90. The van der Waals surface area contributed by atoms with E-state index in [1.54, 1.807) is 30.3 Å². The van der Waals surface area contributed by atoms with E-state index >= 15 is 0 Å². The highest BCUT2D eigenvalue weighted by Crippen LogP contribution is 2.32. The van der Waals surface area contributed by atoms with Crippen molar-refractivity contribution in [1.29, 1.82) is 0 Å². The van der Waals surface area contributed by atoms with Crippen LogP contribution in [-0.2, 0) is 11.3 Å². The van der Waals surface area contributed by atoms with Gasteiger partial charge in [-0.25, -0.2) is 9.18 Å². The lowest BCUT2D eigenvalue weighted by Crippen LogP contribution is -2.37. The summed E-state index contributed by atoms with van der Waals surface area (Å²) in [5.74, 6) is 0.253. The monoisotopic (exact) mass is 484 g/mol. The Kier molecular flexibility index (Phi) is 7.51. The van der Waals surface area contributed by atoms with Gasteiger partial charge in [-0.05, 0) is 82.5 Å². The van der Waals surface area contributed by atoms with E-state index < -0.39 is 17.5 Å². The van der Waals surface area contributed by atoms with E-state index in [1.807, 2.05) is 59.7 Å². The molecule has 5 nitrogen and oxygen atoms in total. The van der Waals surface area contributed by atoms with Crippen LogP contribution in [0.3, 0.4) is 0 Å². The molecule has 0 radical (unpaired) electrons. The van der Waals surface area contributed by atoms with Gasteiger partial charge in [0.15, 0.2) is 0 Å². The molecule has 0 aliphatic heterocycles. The number of hydrogen-bond acceptors (Lipinski definition) is 4. The van der Waals surface area contributed by atoms with Gasteiger partial charge in [-0.15, -0.1) is 0 Å². The maximum Gasteiger partial charge on any atom is 0.415 e. The number of amides is 1. The number of ether oxygens (including phenoxy) is 2. The van der Waals surface area contributed by atoms with Crippen molar-refractivity contribution in [2.24, 2.45) is 0 Å². The average molecular weight is 485 g/mol. The van der Waals surface area contributed by atoms with E-state index in [0.717, 1.165) is 33.6 Å². The molecular formula is C27H30ClFN2O3. The summed E-state index contributed by atoms with van der Waals surface area (Å²) in [6.07, 6.45) is 1.23. The molecular weight excluding hydrogens is 455 g/mol. The van der Waals surface area contributed by atoms with Crippen LogP contribution in [0.2, 0.25) is 5.02 Å². The van der Waals surface area contributed by atoms with E-state index in [-0.39, 0.29) is 11.6 Å². The number of aromatic nitrogens is 1. The van der Waals surface area contributed by atoms with Gasteiger partial charge in [0.05, 0.1) is 24.4 Å². The van der Waals surface area contributed by atoms with Crippen molar-refractivity contribution in [3.8, 4) is 16.9 Å². The van der Waals surface area contributed by atoms with Crippen molar-refractivity contribution < 1.29 is 18.7 Å². The molecule has 0 N–H and O–H groups in total. The Bertz CT molecular complexity index is 1220. The molecule has 0 saturated carbocycles. The number of nitrogens with zero attached hydrogens (tertiary/aromatic N) is 2. The largest absolute Gasteiger partial charge is 0.496 e. The summed E-state index contributed by atoms with van der Waals surface area (Å²) in [7, 11) is 1.62. The molecule has 180 valence electrons. The maximum atomic E-state index is 13.7. The van der Waals surface area contributed by atoms with E-state index in [0.29, 0.717) is 11.4 Å². The predicted molar refractivity (Wildman–Crippen MR) is 134 cm³/mol. The number of carbonyl (C=O) groups excluding carboxylic acids is 1. The number of aryl methyl sites for hydroxylation is 2. The minimum atomic E-state index is -0.681. The van der Waals surface area contributed by atoms with E-state index in [2.05, 4.69) is 4.98 Å². The molecule has 0 aliphatic carbocycles. The molecule has 3 aromatic rings. The smallest absolute Gasteiger partial charge is 0.415 e. The normalized spacial score (nSPS) is 11.3. The summed E-state index contributed by atoms with van der Waals surface area (Å²) < 4.78 is 25.0. The predicted octanol–water partition coefficient (Wildman–Crippen LogP) is 7.42. The molecule has 0 unspecified atom stereocenters. The number of anilines is 1. The van der Waals surface area contributed by atoms with Crippen molar-refractivity contribution in [3.05, 3.63) is 75.8 Å². The fourth-order valence-electron chi connectivity index (χ4n) is 3.72.